The molecule has 5 heteroatoms. The summed E-state index contributed by atoms with van der Waals surface area (Å²) in [6, 6.07) is 11.6. The van der Waals surface area contributed by atoms with Crippen molar-refractivity contribution < 1.29 is 14.3 Å². The molecular weight excluding hydrogens is 334 g/mol. The standard InChI is InChI=1S/C20H25NO3S/c1-15(2)24-17-7-5-16(6-8-17)19(22)21-14-20(9-11-23-12-10-20)18-4-3-13-25-18/h3-8,13,15H,9-12,14H2,1-2H3,(H,21,22). The van der Waals surface area contributed by atoms with Gasteiger partial charge in [-0.1, -0.05) is 6.07 Å². The van der Waals surface area contributed by atoms with Gasteiger partial charge in [-0.05, 0) is 62.4 Å². The topological polar surface area (TPSA) is 47.6 Å². The molecule has 4 nitrogen and oxygen atoms in total. The number of carbonyl (C=O) groups is 1. The summed E-state index contributed by atoms with van der Waals surface area (Å²) in [4.78, 5) is 13.9. The van der Waals surface area contributed by atoms with E-state index in [1.165, 1.54) is 4.88 Å². The highest BCUT2D eigenvalue weighted by molar-refractivity contribution is 7.10. The van der Waals surface area contributed by atoms with Crippen LogP contribution in [0, 0.1) is 0 Å². The van der Waals surface area contributed by atoms with Crippen molar-refractivity contribution in [2.24, 2.45) is 0 Å². The Bertz CT molecular complexity index is 673. The lowest BCUT2D eigenvalue weighted by atomic mass is 9.78. The quantitative estimate of drug-likeness (QED) is 0.848. The maximum atomic E-state index is 12.6. The number of hydrogen-bond acceptors (Lipinski definition) is 4. The second-order valence-corrected chi connectivity index (χ2v) is 7.69. The molecule has 2 heterocycles. The van der Waals surface area contributed by atoms with E-state index in [1.54, 1.807) is 11.3 Å². The lowest BCUT2D eigenvalue weighted by Gasteiger charge is -2.36. The van der Waals surface area contributed by atoms with E-state index in [4.69, 9.17) is 9.47 Å². The summed E-state index contributed by atoms with van der Waals surface area (Å²) in [6.07, 6.45) is 2.00. The van der Waals surface area contributed by atoms with E-state index in [0.29, 0.717) is 12.1 Å². The molecule has 25 heavy (non-hydrogen) atoms. The lowest BCUT2D eigenvalue weighted by Crippen LogP contribution is -2.44. The van der Waals surface area contributed by atoms with Crippen LogP contribution in [0.1, 0.15) is 41.9 Å². The molecular formula is C20H25NO3S. The first-order valence-corrected chi connectivity index (χ1v) is 9.64. The highest BCUT2D eigenvalue weighted by Gasteiger charge is 2.35. The first kappa shape index (κ1) is 18.0. The van der Waals surface area contributed by atoms with E-state index in [-0.39, 0.29) is 17.4 Å². The number of carbonyl (C=O) groups excluding carboxylic acids is 1. The maximum Gasteiger partial charge on any atom is 0.251 e. The Morgan fingerprint density at radius 2 is 1.96 bits per heavy atom. The number of thiophene rings is 1. The predicted molar refractivity (Wildman–Crippen MR) is 101 cm³/mol. The van der Waals surface area contributed by atoms with Gasteiger partial charge in [0, 0.05) is 35.6 Å². The summed E-state index contributed by atoms with van der Waals surface area (Å²) >= 11 is 1.76. The molecule has 134 valence electrons. The van der Waals surface area contributed by atoms with Crippen LogP contribution in [0.3, 0.4) is 0 Å². The van der Waals surface area contributed by atoms with Crippen molar-refractivity contribution in [2.75, 3.05) is 19.8 Å². The smallest absolute Gasteiger partial charge is 0.251 e. The SMILES string of the molecule is CC(C)Oc1ccc(C(=O)NCC2(c3cccs3)CCOCC2)cc1. The molecule has 0 saturated carbocycles. The van der Waals surface area contributed by atoms with Gasteiger partial charge in [0.05, 0.1) is 6.10 Å². The van der Waals surface area contributed by atoms with Gasteiger partial charge in [-0.25, -0.2) is 0 Å². The van der Waals surface area contributed by atoms with Gasteiger partial charge in [0.25, 0.3) is 5.91 Å². The van der Waals surface area contributed by atoms with Gasteiger partial charge in [0.2, 0.25) is 0 Å². The number of hydrogen-bond donors (Lipinski definition) is 1. The number of ether oxygens (including phenoxy) is 2. The van der Waals surface area contributed by atoms with Crippen molar-refractivity contribution in [3.63, 3.8) is 0 Å². The van der Waals surface area contributed by atoms with Gasteiger partial charge >= 0.3 is 0 Å². The fourth-order valence-electron chi connectivity index (χ4n) is 3.16. The zero-order valence-electron chi connectivity index (χ0n) is 14.8. The Hall–Kier alpha value is -1.85. The van der Waals surface area contributed by atoms with Crippen LogP contribution < -0.4 is 10.1 Å². The molecule has 0 bridgehead atoms. The molecule has 1 saturated heterocycles. The van der Waals surface area contributed by atoms with Crippen LogP contribution >= 0.6 is 11.3 Å². The first-order chi connectivity index (χ1) is 12.1. The largest absolute Gasteiger partial charge is 0.491 e. The number of nitrogens with one attached hydrogen (secondary N) is 1. The van der Waals surface area contributed by atoms with Gasteiger partial charge in [-0.3, -0.25) is 4.79 Å². The Kier molecular flexibility index (Phi) is 5.76. The predicted octanol–water partition coefficient (Wildman–Crippen LogP) is 4.01. The van der Waals surface area contributed by atoms with Crippen LogP contribution in [-0.2, 0) is 10.2 Å². The second kappa shape index (κ2) is 8.02. The van der Waals surface area contributed by atoms with Gasteiger partial charge in [0.1, 0.15) is 5.75 Å². The highest BCUT2D eigenvalue weighted by Crippen LogP contribution is 2.37. The van der Waals surface area contributed by atoms with E-state index in [2.05, 4.69) is 22.8 Å². The van der Waals surface area contributed by atoms with E-state index in [9.17, 15) is 4.79 Å². The first-order valence-electron chi connectivity index (χ1n) is 8.76. The van der Waals surface area contributed by atoms with Crippen molar-refractivity contribution in [1.29, 1.82) is 0 Å². The Balaban J connectivity index is 1.65. The normalized spacial score (nSPS) is 16.6. The molecule has 1 aliphatic rings. The summed E-state index contributed by atoms with van der Waals surface area (Å²) in [6.45, 7) is 6.10. The second-order valence-electron chi connectivity index (χ2n) is 6.74. The average Bonchev–Trinajstić information content (AvgIpc) is 3.16. The summed E-state index contributed by atoms with van der Waals surface area (Å²) in [5.41, 5.74) is 0.646. The minimum absolute atomic E-state index is 0.0111. The molecule has 1 N–H and O–H groups in total. The molecule has 2 aromatic rings. The molecule has 0 radical (unpaired) electrons. The molecule has 0 atom stereocenters. The van der Waals surface area contributed by atoms with E-state index in [0.717, 1.165) is 31.8 Å². The van der Waals surface area contributed by atoms with Crippen LogP contribution in [0.4, 0.5) is 0 Å². The van der Waals surface area contributed by atoms with Crippen molar-refractivity contribution in [3.8, 4) is 5.75 Å². The number of rotatable bonds is 6. The van der Waals surface area contributed by atoms with E-state index < -0.39 is 0 Å². The van der Waals surface area contributed by atoms with Crippen LogP contribution in [0.15, 0.2) is 41.8 Å². The molecule has 1 aromatic carbocycles. The third kappa shape index (κ3) is 4.41. The number of benzene rings is 1. The van der Waals surface area contributed by atoms with E-state index in [1.807, 2.05) is 38.1 Å². The fourth-order valence-corrected chi connectivity index (χ4v) is 4.15. The minimum atomic E-state index is -0.0430. The monoisotopic (exact) mass is 359 g/mol. The summed E-state index contributed by atoms with van der Waals surface area (Å²) < 4.78 is 11.2. The van der Waals surface area contributed by atoms with Crippen molar-refractivity contribution in [2.45, 2.75) is 38.2 Å². The zero-order valence-corrected chi connectivity index (χ0v) is 15.6. The minimum Gasteiger partial charge on any atom is -0.491 e. The molecule has 1 aliphatic heterocycles. The van der Waals surface area contributed by atoms with Crippen LogP contribution in [-0.4, -0.2) is 31.8 Å². The maximum absolute atomic E-state index is 12.6. The van der Waals surface area contributed by atoms with Gasteiger partial charge < -0.3 is 14.8 Å². The number of amides is 1. The third-order valence-corrected chi connectivity index (χ3v) is 5.69. The summed E-state index contributed by atoms with van der Waals surface area (Å²) in [5, 5.41) is 5.23. The molecule has 1 aromatic heterocycles. The van der Waals surface area contributed by atoms with Crippen LogP contribution in [0.5, 0.6) is 5.75 Å². The summed E-state index contributed by atoms with van der Waals surface area (Å²) in [5.74, 6) is 0.740. The van der Waals surface area contributed by atoms with Crippen LogP contribution in [0.2, 0.25) is 0 Å². The molecule has 0 unspecified atom stereocenters. The summed E-state index contributed by atoms with van der Waals surface area (Å²) in [7, 11) is 0. The van der Waals surface area contributed by atoms with Crippen molar-refractivity contribution in [3.05, 3.63) is 52.2 Å². The van der Waals surface area contributed by atoms with Crippen LogP contribution in [0.25, 0.3) is 0 Å². The lowest BCUT2D eigenvalue weighted by molar-refractivity contribution is 0.0499. The van der Waals surface area contributed by atoms with Crippen molar-refractivity contribution >= 4 is 17.2 Å². The third-order valence-electron chi connectivity index (χ3n) is 4.57. The molecule has 1 fully saturated rings. The average molecular weight is 359 g/mol. The molecule has 0 spiro atoms. The highest BCUT2D eigenvalue weighted by atomic mass is 32.1. The van der Waals surface area contributed by atoms with Crippen molar-refractivity contribution in [1.82, 2.24) is 5.32 Å². The molecule has 0 aliphatic carbocycles. The van der Waals surface area contributed by atoms with E-state index >= 15 is 0 Å². The zero-order chi connectivity index (χ0) is 17.7. The Morgan fingerprint density at radius 3 is 2.56 bits per heavy atom. The fraction of sp³-hybridized carbons (Fsp3) is 0.450. The van der Waals surface area contributed by atoms with Gasteiger partial charge in [-0.15, -0.1) is 11.3 Å². The Morgan fingerprint density at radius 1 is 1.24 bits per heavy atom. The Labute approximate surface area is 153 Å². The molecule has 3 rings (SSSR count). The van der Waals surface area contributed by atoms with Gasteiger partial charge in [-0.2, -0.15) is 0 Å². The molecule has 1 amide bonds. The van der Waals surface area contributed by atoms with Gasteiger partial charge in [0.15, 0.2) is 0 Å².